The number of aryl methyl sites for hydroxylation is 1. The van der Waals surface area contributed by atoms with Crippen LogP contribution in [0.2, 0.25) is 10.0 Å². The van der Waals surface area contributed by atoms with Gasteiger partial charge in [0, 0.05) is 5.02 Å². The Kier molecular flexibility index (Phi) is 6.17. The molecule has 0 aliphatic carbocycles. The van der Waals surface area contributed by atoms with Crippen LogP contribution >= 0.6 is 23.2 Å². The van der Waals surface area contributed by atoms with Crippen molar-refractivity contribution < 1.29 is 23.5 Å². The van der Waals surface area contributed by atoms with Crippen LogP contribution in [-0.4, -0.2) is 11.9 Å². The van der Waals surface area contributed by atoms with Crippen LogP contribution in [0.15, 0.2) is 36.4 Å². The third kappa shape index (κ3) is 4.94. The monoisotopic (exact) mass is 370 g/mol. The Labute approximate surface area is 148 Å². The molecule has 0 spiro atoms. The molecule has 0 bridgehead atoms. The van der Waals surface area contributed by atoms with Crippen LogP contribution in [0, 0.1) is 12.7 Å². The van der Waals surface area contributed by atoms with E-state index in [4.69, 9.17) is 32.7 Å². The summed E-state index contributed by atoms with van der Waals surface area (Å²) in [5.74, 6) is -2.15. The summed E-state index contributed by atoms with van der Waals surface area (Å²) < 4.78 is 23.5. The molecule has 0 fully saturated rings. The number of halogens is 3. The number of benzene rings is 2. The summed E-state index contributed by atoms with van der Waals surface area (Å²) in [6, 6.07) is 8.70. The minimum atomic E-state index is -0.785. The Bertz CT molecular complexity index is 757. The molecular formula is C17H13Cl2FO4. The molecule has 0 radical (unpaired) electrons. The molecule has 0 saturated carbocycles. The van der Waals surface area contributed by atoms with Crippen molar-refractivity contribution >= 4 is 35.1 Å². The molecule has 126 valence electrons. The van der Waals surface area contributed by atoms with E-state index in [0.717, 1.165) is 6.07 Å². The summed E-state index contributed by atoms with van der Waals surface area (Å²) in [6.07, 6.45) is -0.483. The maximum Gasteiger partial charge on any atom is 0.311 e. The molecule has 0 aliphatic heterocycles. The highest BCUT2D eigenvalue weighted by molar-refractivity contribution is 6.32. The number of hydrogen-bond acceptors (Lipinski definition) is 4. The lowest BCUT2D eigenvalue weighted by atomic mass is 10.2. The van der Waals surface area contributed by atoms with Crippen molar-refractivity contribution in [1.82, 2.24) is 0 Å². The van der Waals surface area contributed by atoms with E-state index in [1.54, 1.807) is 25.1 Å². The summed E-state index contributed by atoms with van der Waals surface area (Å²) in [5, 5.41) is 0.500. The zero-order valence-electron chi connectivity index (χ0n) is 12.6. The molecule has 0 heterocycles. The van der Waals surface area contributed by atoms with Gasteiger partial charge in [-0.25, -0.2) is 4.39 Å². The van der Waals surface area contributed by atoms with Gasteiger partial charge in [0.1, 0.15) is 5.75 Å². The van der Waals surface area contributed by atoms with Gasteiger partial charge >= 0.3 is 11.9 Å². The minimum absolute atomic E-state index is 0.0253. The second kappa shape index (κ2) is 8.13. The molecule has 2 rings (SSSR count). The quantitative estimate of drug-likeness (QED) is 0.563. The van der Waals surface area contributed by atoms with Gasteiger partial charge in [-0.15, -0.1) is 0 Å². The molecule has 7 heteroatoms. The second-order valence-electron chi connectivity index (χ2n) is 4.91. The van der Waals surface area contributed by atoms with Crippen molar-refractivity contribution in [3.05, 3.63) is 57.8 Å². The summed E-state index contributed by atoms with van der Waals surface area (Å²) in [6.45, 7) is 1.74. The molecule has 0 saturated heterocycles. The van der Waals surface area contributed by atoms with Crippen LogP contribution in [0.1, 0.15) is 18.4 Å². The van der Waals surface area contributed by atoms with E-state index in [9.17, 15) is 14.0 Å². The van der Waals surface area contributed by atoms with E-state index in [1.807, 2.05) is 0 Å². The van der Waals surface area contributed by atoms with Gasteiger partial charge < -0.3 is 9.47 Å². The number of rotatable bonds is 5. The number of carbonyl (C=O) groups excluding carboxylic acids is 2. The van der Waals surface area contributed by atoms with Gasteiger partial charge in [0.2, 0.25) is 0 Å². The van der Waals surface area contributed by atoms with E-state index >= 15 is 0 Å². The number of ether oxygens (including phenoxy) is 2. The lowest BCUT2D eigenvalue weighted by Crippen LogP contribution is -2.15. The summed E-state index contributed by atoms with van der Waals surface area (Å²) in [7, 11) is 0. The van der Waals surface area contributed by atoms with Gasteiger partial charge in [-0.05, 0) is 42.8 Å². The van der Waals surface area contributed by atoms with Crippen LogP contribution in [0.3, 0.4) is 0 Å². The number of para-hydroxylation sites is 1. The molecule has 0 atom stereocenters. The third-order valence-corrected chi connectivity index (χ3v) is 3.56. The van der Waals surface area contributed by atoms with Gasteiger partial charge in [-0.1, -0.05) is 29.3 Å². The lowest BCUT2D eigenvalue weighted by molar-refractivity contribution is -0.140. The molecule has 0 aromatic heterocycles. The molecule has 0 N–H and O–H groups in total. The molecule has 0 amide bonds. The van der Waals surface area contributed by atoms with Gasteiger partial charge in [-0.3, -0.25) is 9.59 Å². The smallest absolute Gasteiger partial charge is 0.311 e. The predicted octanol–water partition coefficient (Wildman–Crippen LogP) is 4.73. The van der Waals surface area contributed by atoms with E-state index in [-0.39, 0.29) is 23.6 Å². The first-order valence-corrected chi connectivity index (χ1v) is 7.74. The van der Waals surface area contributed by atoms with Crippen LogP contribution in [-0.2, 0) is 9.59 Å². The maximum absolute atomic E-state index is 13.5. The van der Waals surface area contributed by atoms with Gasteiger partial charge in [0.05, 0.1) is 17.9 Å². The van der Waals surface area contributed by atoms with Crippen LogP contribution in [0.5, 0.6) is 11.5 Å². The Morgan fingerprint density at radius 1 is 1.04 bits per heavy atom. The third-order valence-electron chi connectivity index (χ3n) is 3.03. The molecule has 0 aliphatic rings. The van der Waals surface area contributed by atoms with Crippen molar-refractivity contribution in [1.29, 1.82) is 0 Å². The van der Waals surface area contributed by atoms with Crippen molar-refractivity contribution in [2.24, 2.45) is 0 Å². The second-order valence-corrected chi connectivity index (χ2v) is 5.75. The zero-order chi connectivity index (χ0) is 17.7. The average Bonchev–Trinajstić information content (AvgIpc) is 2.52. The molecule has 24 heavy (non-hydrogen) atoms. The highest BCUT2D eigenvalue weighted by Crippen LogP contribution is 2.27. The molecule has 2 aromatic rings. The van der Waals surface area contributed by atoms with E-state index in [1.165, 1.54) is 12.1 Å². The Morgan fingerprint density at radius 3 is 2.33 bits per heavy atom. The van der Waals surface area contributed by atoms with Crippen molar-refractivity contribution in [3.63, 3.8) is 0 Å². The first kappa shape index (κ1) is 18.2. The van der Waals surface area contributed by atoms with E-state index in [2.05, 4.69) is 0 Å². The van der Waals surface area contributed by atoms with E-state index < -0.39 is 17.8 Å². The molecular weight excluding hydrogens is 358 g/mol. The average molecular weight is 371 g/mol. The minimum Gasteiger partial charge on any atom is -0.426 e. The standard InChI is InChI=1S/C17H13Cl2FO4/c1-10-9-11(18)5-6-14(10)23-15(21)7-8-16(22)24-17-12(19)3-2-4-13(17)20/h2-6,9H,7-8H2,1H3. The number of esters is 2. The lowest BCUT2D eigenvalue weighted by Gasteiger charge is -2.08. The molecule has 4 nitrogen and oxygen atoms in total. The highest BCUT2D eigenvalue weighted by atomic mass is 35.5. The Morgan fingerprint density at radius 2 is 1.71 bits per heavy atom. The molecule has 0 unspecified atom stereocenters. The van der Waals surface area contributed by atoms with E-state index in [0.29, 0.717) is 16.3 Å². The predicted molar refractivity (Wildman–Crippen MR) is 88.1 cm³/mol. The maximum atomic E-state index is 13.5. The van der Waals surface area contributed by atoms with Gasteiger partial charge in [-0.2, -0.15) is 0 Å². The fourth-order valence-electron chi connectivity index (χ4n) is 1.85. The van der Waals surface area contributed by atoms with Crippen LogP contribution < -0.4 is 9.47 Å². The van der Waals surface area contributed by atoms with Crippen LogP contribution in [0.4, 0.5) is 4.39 Å². The SMILES string of the molecule is Cc1cc(Cl)ccc1OC(=O)CCC(=O)Oc1c(F)cccc1Cl. The fourth-order valence-corrected chi connectivity index (χ4v) is 2.28. The largest absolute Gasteiger partial charge is 0.426 e. The Balaban J connectivity index is 1.88. The topological polar surface area (TPSA) is 52.6 Å². The van der Waals surface area contributed by atoms with Crippen molar-refractivity contribution in [2.75, 3.05) is 0 Å². The van der Waals surface area contributed by atoms with Crippen LogP contribution in [0.25, 0.3) is 0 Å². The first-order valence-electron chi connectivity index (χ1n) is 6.98. The highest BCUT2D eigenvalue weighted by Gasteiger charge is 2.16. The number of carbonyl (C=O) groups is 2. The van der Waals surface area contributed by atoms with Gasteiger partial charge in [0.25, 0.3) is 0 Å². The fraction of sp³-hybridized carbons (Fsp3) is 0.176. The summed E-state index contributed by atoms with van der Waals surface area (Å²) in [4.78, 5) is 23.5. The summed E-state index contributed by atoms with van der Waals surface area (Å²) >= 11 is 11.6. The normalized spacial score (nSPS) is 10.3. The number of hydrogen-bond donors (Lipinski definition) is 0. The van der Waals surface area contributed by atoms with Gasteiger partial charge in [0.15, 0.2) is 11.6 Å². The zero-order valence-corrected chi connectivity index (χ0v) is 14.2. The molecule has 2 aromatic carbocycles. The Hall–Kier alpha value is -2.11. The first-order chi connectivity index (χ1) is 11.4. The van der Waals surface area contributed by atoms with Crippen molar-refractivity contribution in [2.45, 2.75) is 19.8 Å². The van der Waals surface area contributed by atoms with Crippen molar-refractivity contribution in [3.8, 4) is 11.5 Å². The summed E-state index contributed by atoms with van der Waals surface area (Å²) in [5.41, 5.74) is 0.691.